The monoisotopic (exact) mass is 346 g/mol. The molecule has 0 amide bonds. The molecule has 0 spiro atoms. The van der Waals surface area contributed by atoms with Crippen LogP contribution in [0.5, 0.6) is 0 Å². The highest BCUT2D eigenvalue weighted by molar-refractivity contribution is 7.15. The van der Waals surface area contributed by atoms with Gasteiger partial charge in [0.15, 0.2) is 0 Å². The molecule has 0 aromatic heterocycles. The van der Waals surface area contributed by atoms with E-state index < -0.39 is 0 Å². The molecule has 118 valence electrons. The maximum absolute atomic E-state index is 2.79. The molecule has 2 unspecified atom stereocenters. The normalized spacial score (nSPS) is 11.2. The van der Waals surface area contributed by atoms with Crippen molar-refractivity contribution in [3.05, 3.63) is 83.9 Å². The molecule has 0 saturated carbocycles. The fourth-order valence-electron chi connectivity index (χ4n) is 3.24. The molecule has 0 N–H and O–H groups in total. The number of hydrogen-bond acceptors (Lipinski definition) is 0. The molecule has 4 aliphatic rings. The molecule has 0 nitrogen and oxygen atoms in total. The van der Waals surface area contributed by atoms with E-state index in [9.17, 15) is 0 Å². The highest BCUT2D eigenvalue weighted by Crippen LogP contribution is 2.31. The quantitative estimate of drug-likeness (QED) is 0.381. The minimum Gasteiger partial charge on any atom is -0.133 e. The summed E-state index contributed by atoms with van der Waals surface area (Å²) in [5.74, 6) is 0. The lowest BCUT2D eigenvalue weighted by Gasteiger charge is -1.93. The van der Waals surface area contributed by atoms with E-state index in [0.717, 1.165) is 12.3 Å². The Balaban J connectivity index is 1.78. The van der Waals surface area contributed by atoms with Gasteiger partial charge in [-0.2, -0.15) is 0 Å². The summed E-state index contributed by atoms with van der Waals surface area (Å²) >= 11 is 0. The lowest BCUT2D eigenvalue weighted by molar-refractivity contribution is 1.48. The highest BCUT2D eigenvalue weighted by atomic mass is 31.0. The minimum absolute atomic E-state index is 1.01. The van der Waals surface area contributed by atoms with Crippen molar-refractivity contribution < 1.29 is 0 Å². The van der Waals surface area contributed by atoms with Gasteiger partial charge in [-0.3, -0.25) is 0 Å². The van der Waals surface area contributed by atoms with Gasteiger partial charge in [-0.05, 0) is 56.8 Å². The Hall–Kier alpha value is -1.74. The molecular formula is C22H20P2. The second kappa shape index (κ2) is 6.64. The van der Waals surface area contributed by atoms with Crippen LogP contribution >= 0.6 is 18.5 Å². The van der Waals surface area contributed by atoms with E-state index in [-0.39, 0.29) is 0 Å². The fraction of sp³-hybridized carbons (Fsp3) is 0.0909. The van der Waals surface area contributed by atoms with Gasteiger partial charge in [-0.15, -0.1) is 18.5 Å². The van der Waals surface area contributed by atoms with Crippen LogP contribution in [-0.2, 0) is 12.3 Å². The summed E-state index contributed by atoms with van der Waals surface area (Å²) in [6.45, 7) is 0. The Labute approximate surface area is 148 Å². The topological polar surface area (TPSA) is 0 Å². The summed E-state index contributed by atoms with van der Waals surface area (Å²) in [4.78, 5) is 0. The predicted octanol–water partition coefficient (Wildman–Crippen LogP) is 6.31. The van der Waals surface area contributed by atoms with Crippen LogP contribution < -0.4 is 0 Å². The zero-order chi connectivity index (χ0) is 16.5. The third kappa shape index (κ3) is 2.98. The van der Waals surface area contributed by atoms with Crippen molar-refractivity contribution >= 4 is 18.5 Å². The summed E-state index contributed by atoms with van der Waals surface area (Å²) in [5, 5.41) is 0. The first-order valence-electron chi connectivity index (χ1n) is 8.23. The molecule has 0 bridgehead atoms. The molecule has 0 fully saturated rings. The van der Waals surface area contributed by atoms with Crippen molar-refractivity contribution in [2.45, 2.75) is 12.3 Å². The van der Waals surface area contributed by atoms with E-state index in [2.05, 4.69) is 91.3 Å². The zero-order valence-corrected chi connectivity index (χ0v) is 15.8. The van der Waals surface area contributed by atoms with E-state index in [0.29, 0.717) is 0 Å². The first-order chi connectivity index (χ1) is 11.8. The van der Waals surface area contributed by atoms with Gasteiger partial charge in [-0.1, -0.05) is 72.8 Å². The average Bonchev–Trinajstić information content (AvgIpc) is 3.07. The Bertz CT molecular complexity index is 796. The Morgan fingerprint density at radius 3 is 0.917 bits per heavy atom. The Morgan fingerprint density at radius 1 is 0.417 bits per heavy atom. The van der Waals surface area contributed by atoms with Crippen LogP contribution in [0.1, 0.15) is 11.1 Å². The smallest absolute Gasteiger partial charge is 0.0128 e. The summed E-state index contributed by atoms with van der Waals surface area (Å²) in [5.41, 5.74) is 10.5. The molecule has 24 heavy (non-hydrogen) atoms. The zero-order valence-electron chi connectivity index (χ0n) is 13.5. The molecule has 2 heteroatoms. The number of hydrogen-bond donors (Lipinski definition) is 0. The second-order valence-electron chi connectivity index (χ2n) is 6.20. The number of rotatable bonds is 3. The van der Waals surface area contributed by atoms with Crippen molar-refractivity contribution in [3.63, 3.8) is 0 Å². The molecule has 0 aromatic carbocycles. The lowest BCUT2D eigenvalue weighted by Crippen LogP contribution is -1.69. The SMILES string of the molecule is PCc1cc2ccc(-c3ccc4cc(CP)cc-4cc3)ccc-2c1. The van der Waals surface area contributed by atoms with Gasteiger partial charge in [0.1, 0.15) is 0 Å². The molecule has 0 saturated heterocycles. The lowest BCUT2D eigenvalue weighted by atomic mass is 10.1. The maximum atomic E-state index is 2.79. The van der Waals surface area contributed by atoms with Crippen LogP contribution in [-0.4, -0.2) is 0 Å². The van der Waals surface area contributed by atoms with Crippen molar-refractivity contribution in [2.24, 2.45) is 0 Å². The van der Waals surface area contributed by atoms with E-state index >= 15 is 0 Å². The van der Waals surface area contributed by atoms with E-state index in [1.54, 1.807) is 0 Å². The van der Waals surface area contributed by atoms with Crippen LogP contribution in [0.25, 0.3) is 33.4 Å². The van der Waals surface area contributed by atoms with Crippen molar-refractivity contribution in [1.29, 1.82) is 0 Å². The predicted molar refractivity (Wildman–Crippen MR) is 112 cm³/mol. The van der Waals surface area contributed by atoms with Gasteiger partial charge >= 0.3 is 0 Å². The van der Waals surface area contributed by atoms with Gasteiger partial charge in [0, 0.05) is 0 Å². The second-order valence-corrected chi connectivity index (χ2v) is 7.02. The van der Waals surface area contributed by atoms with Gasteiger partial charge in [-0.25, -0.2) is 0 Å². The van der Waals surface area contributed by atoms with Gasteiger partial charge < -0.3 is 0 Å². The summed E-state index contributed by atoms with van der Waals surface area (Å²) in [6.07, 6.45) is 2.02. The van der Waals surface area contributed by atoms with E-state index in [1.165, 1.54) is 44.5 Å². The van der Waals surface area contributed by atoms with Crippen LogP contribution in [0, 0.1) is 0 Å². The third-order valence-corrected chi connectivity index (χ3v) is 5.55. The summed E-state index contributed by atoms with van der Waals surface area (Å²) < 4.78 is 0. The van der Waals surface area contributed by atoms with Gasteiger partial charge in [0.05, 0.1) is 0 Å². The number of fused-ring (bicyclic) bond motifs is 2. The van der Waals surface area contributed by atoms with Gasteiger partial charge in [0.25, 0.3) is 0 Å². The standard InChI is InChI=1S/C22H20P2/c23-13-15-9-19-5-1-17(2-6-20(19)10-15)18-3-7-21-11-16(14-24)12-22(21)8-4-18/h1-12H,13-14,23-24H2. The Morgan fingerprint density at radius 2 is 0.667 bits per heavy atom. The fourth-order valence-corrected chi connectivity index (χ4v) is 3.71. The maximum Gasteiger partial charge on any atom is -0.0128 e. The molecule has 4 rings (SSSR count). The van der Waals surface area contributed by atoms with Crippen LogP contribution in [0.4, 0.5) is 0 Å². The third-order valence-electron chi connectivity index (χ3n) is 4.60. The summed E-state index contributed by atoms with van der Waals surface area (Å²) in [7, 11) is 5.59. The molecular weight excluding hydrogens is 326 g/mol. The van der Waals surface area contributed by atoms with Crippen LogP contribution in [0.3, 0.4) is 0 Å². The van der Waals surface area contributed by atoms with E-state index in [4.69, 9.17) is 0 Å². The van der Waals surface area contributed by atoms with E-state index in [1.807, 2.05) is 0 Å². The van der Waals surface area contributed by atoms with Crippen LogP contribution in [0.2, 0.25) is 0 Å². The highest BCUT2D eigenvalue weighted by Gasteiger charge is 2.07. The Kier molecular flexibility index (Phi) is 4.36. The minimum atomic E-state index is 1.01. The first kappa shape index (κ1) is 15.8. The van der Waals surface area contributed by atoms with Crippen LogP contribution in [0.15, 0.2) is 72.8 Å². The summed E-state index contributed by atoms with van der Waals surface area (Å²) in [6, 6.07) is 26.9. The first-order valence-corrected chi connectivity index (χ1v) is 9.86. The average molecular weight is 346 g/mol. The van der Waals surface area contributed by atoms with Gasteiger partial charge in [0.2, 0.25) is 0 Å². The molecule has 2 atom stereocenters. The molecule has 0 aromatic rings. The molecule has 0 aliphatic heterocycles. The van der Waals surface area contributed by atoms with Crippen molar-refractivity contribution in [3.8, 4) is 33.4 Å². The largest absolute Gasteiger partial charge is 0.133 e. The molecule has 0 radical (unpaired) electrons. The molecule has 0 heterocycles. The van der Waals surface area contributed by atoms with Crippen molar-refractivity contribution in [2.75, 3.05) is 0 Å². The molecule has 4 aliphatic carbocycles. The van der Waals surface area contributed by atoms with Crippen molar-refractivity contribution in [1.82, 2.24) is 0 Å².